The van der Waals surface area contributed by atoms with Crippen LogP contribution < -0.4 is 5.32 Å². The van der Waals surface area contributed by atoms with E-state index in [9.17, 15) is 9.90 Å². The summed E-state index contributed by atoms with van der Waals surface area (Å²) >= 11 is 0. The number of hydrogen-bond acceptors (Lipinski definition) is 3. The maximum absolute atomic E-state index is 12.4. The Morgan fingerprint density at radius 2 is 2.04 bits per heavy atom. The zero-order chi connectivity index (χ0) is 16.8. The topological polar surface area (TPSA) is 67.2 Å². The van der Waals surface area contributed by atoms with Gasteiger partial charge in [0.2, 0.25) is 0 Å². The number of nitrogens with zero attached hydrogens (tertiary/aromatic N) is 2. The van der Waals surface area contributed by atoms with Crippen LogP contribution in [0.3, 0.4) is 0 Å². The lowest BCUT2D eigenvalue weighted by Gasteiger charge is -2.19. The maximum Gasteiger partial charge on any atom is 0.254 e. The van der Waals surface area contributed by atoms with E-state index in [-0.39, 0.29) is 11.8 Å². The summed E-state index contributed by atoms with van der Waals surface area (Å²) in [5.74, 6) is -0.0247. The molecule has 124 valence electrons. The number of aliphatic hydroxyl groups is 1. The molecule has 0 fully saturated rings. The van der Waals surface area contributed by atoms with Gasteiger partial charge in [-0.05, 0) is 25.3 Å². The summed E-state index contributed by atoms with van der Waals surface area (Å²) in [5, 5.41) is 17.0. The van der Waals surface area contributed by atoms with E-state index in [4.69, 9.17) is 0 Å². The second kappa shape index (κ2) is 7.92. The first-order valence-corrected chi connectivity index (χ1v) is 8.05. The molecule has 0 aliphatic carbocycles. The molecule has 0 aliphatic rings. The molecule has 1 amide bonds. The summed E-state index contributed by atoms with van der Waals surface area (Å²) in [6.45, 7) is 4.25. The fraction of sp³-hybridized carbons (Fsp3) is 0.444. The lowest BCUT2D eigenvalue weighted by atomic mass is 9.93. The van der Waals surface area contributed by atoms with Crippen LogP contribution in [0.1, 0.15) is 47.8 Å². The zero-order valence-electron chi connectivity index (χ0n) is 14.0. The summed E-state index contributed by atoms with van der Waals surface area (Å²) in [6.07, 6.45) is 2.67. The highest BCUT2D eigenvalue weighted by molar-refractivity contribution is 5.95. The van der Waals surface area contributed by atoms with Gasteiger partial charge in [-0.1, -0.05) is 37.3 Å². The number of amides is 1. The lowest BCUT2D eigenvalue weighted by Crippen LogP contribution is -2.30. The minimum absolute atomic E-state index is 0.0851. The second-order valence-electron chi connectivity index (χ2n) is 5.92. The molecule has 0 saturated heterocycles. The summed E-state index contributed by atoms with van der Waals surface area (Å²) in [4.78, 5) is 12.4. The van der Waals surface area contributed by atoms with Gasteiger partial charge in [-0.15, -0.1) is 0 Å². The lowest BCUT2D eigenvalue weighted by molar-refractivity contribution is 0.0944. The van der Waals surface area contributed by atoms with E-state index in [1.807, 2.05) is 44.3 Å². The number of benzene rings is 1. The molecule has 1 aromatic heterocycles. The third-order valence-corrected chi connectivity index (χ3v) is 3.89. The van der Waals surface area contributed by atoms with Gasteiger partial charge in [0.25, 0.3) is 5.91 Å². The molecular formula is C18H25N3O2. The molecule has 1 heterocycles. The van der Waals surface area contributed by atoms with Crippen molar-refractivity contribution < 1.29 is 9.90 Å². The molecule has 0 aliphatic heterocycles. The number of aryl methyl sites for hydroxylation is 2. The van der Waals surface area contributed by atoms with Crippen molar-refractivity contribution in [1.82, 2.24) is 15.1 Å². The van der Waals surface area contributed by atoms with Crippen LogP contribution in [0.4, 0.5) is 0 Å². The monoisotopic (exact) mass is 315 g/mol. The van der Waals surface area contributed by atoms with E-state index in [0.29, 0.717) is 18.5 Å². The Kier molecular flexibility index (Phi) is 5.93. The predicted octanol–water partition coefficient (Wildman–Crippen LogP) is 2.27. The third-order valence-electron chi connectivity index (χ3n) is 3.89. The van der Waals surface area contributed by atoms with E-state index in [1.165, 1.54) is 0 Å². The molecule has 0 saturated carbocycles. The Labute approximate surface area is 137 Å². The van der Waals surface area contributed by atoms with Crippen molar-refractivity contribution in [3.8, 4) is 0 Å². The van der Waals surface area contributed by atoms with E-state index in [1.54, 1.807) is 17.8 Å². The Morgan fingerprint density at radius 3 is 2.65 bits per heavy atom. The quantitative estimate of drug-likeness (QED) is 0.823. The standard InChI is InChI=1S/C18H25N3O2/c1-4-17-16(12-21(3)20-17)18(23)19-11-15(10-13(2)22)14-8-6-5-7-9-14/h5-9,12-13,15,22H,4,10-11H2,1-3H3,(H,19,23). The van der Waals surface area contributed by atoms with Crippen molar-refractivity contribution in [2.24, 2.45) is 7.05 Å². The van der Waals surface area contributed by atoms with E-state index >= 15 is 0 Å². The molecule has 0 spiro atoms. The Balaban J connectivity index is 2.07. The van der Waals surface area contributed by atoms with Crippen LogP contribution in [0, 0.1) is 0 Å². The Bertz CT molecular complexity index is 635. The van der Waals surface area contributed by atoms with Crippen LogP contribution in [-0.4, -0.2) is 33.4 Å². The molecule has 2 rings (SSSR count). The molecule has 2 unspecified atom stereocenters. The highest BCUT2D eigenvalue weighted by Crippen LogP contribution is 2.20. The first-order valence-electron chi connectivity index (χ1n) is 8.05. The van der Waals surface area contributed by atoms with Crippen LogP contribution >= 0.6 is 0 Å². The van der Waals surface area contributed by atoms with Gasteiger partial charge >= 0.3 is 0 Å². The number of aliphatic hydroxyl groups excluding tert-OH is 1. The third kappa shape index (κ3) is 4.66. The molecule has 0 radical (unpaired) electrons. The molecule has 2 atom stereocenters. The Morgan fingerprint density at radius 1 is 1.35 bits per heavy atom. The maximum atomic E-state index is 12.4. The van der Waals surface area contributed by atoms with E-state index in [2.05, 4.69) is 10.4 Å². The summed E-state index contributed by atoms with van der Waals surface area (Å²) in [6, 6.07) is 9.97. The van der Waals surface area contributed by atoms with Crippen LogP contribution in [0.2, 0.25) is 0 Å². The smallest absolute Gasteiger partial charge is 0.254 e. The van der Waals surface area contributed by atoms with Crippen LogP contribution in [0.25, 0.3) is 0 Å². The van der Waals surface area contributed by atoms with Gasteiger partial charge in [0.05, 0.1) is 17.4 Å². The van der Waals surface area contributed by atoms with Gasteiger partial charge in [-0.25, -0.2) is 0 Å². The SMILES string of the molecule is CCc1nn(C)cc1C(=O)NCC(CC(C)O)c1ccccc1. The number of carbonyl (C=O) groups is 1. The van der Waals surface area contributed by atoms with E-state index < -0.39 is 6.10 Å². The van der Waals surface area contributed by atoms with Crippen LogP contribution in [-0.2, 0) is 13.5 Å². The summed E-state index contributed by atoms with van der Waals surface area (Å²) in [5.41, 5.74) is 2.55. The van der Waals surface area contributed by atoms with Crippen molar-refractivity contribution in [2.75, 3.05) is 6.54 Å². The van der Waals surface area contributed by atoms with Gasteiger partial charge in [0.15, 0.2) is 0 Å². The molecule has 5 heteroatoms. The summed E-state index contributed by atoms with van der Waals surface area (Å²) < 4.78 is 1.66. The number of nitrogens with one attached hydrogen (secondary N) is 1. The van der Waals surface area contributed by atoms with E-state index in [0.717, 1.165) is 17.7 Å². The normalized spacial score (nSPS) is 13.6. The van der Waals surface area contributed by atoms with Crippen molar-refractivity contribution in [3.05, 3.63) is 53.3 Å². The molecule has 2 aromatic rings. The van der Waals surface area contributed by atoms with Gasteiger partial charge in [0, 0.05) is 25.7 Å². The van der Waals surface area contributed by atoms with Gasteiger partial charge in [0.1, 0.15) is 0 Å². The molecule has 23 heavy (non-hydrogen) atoms. The first-order chi connectivity index (χ1) is 11.0. The van der Waals surface area contributed by atoms with Crippen molar-refractivity contribution >= 4 is 5.91 Å². The molecular weight excluding hydrogens is 290 g/mol. The highest BCUT2D eigenvalue weighted by atomic mass is 16.3. The Hall–Kier alpha value is -2.14. The predicted molar refractivity (Wildman–Crippen MR) is 90.4 cm³/mol. The van der Waals surface area contributed by atoms with Crippen LogP contribution in [0.5, 0.6) is 0 Å². The summed E-state index contributed by atoms with van der Waals surface area (Å²) in [7, 11) is 1.82. The van der Waals surface area contributed by atoms with Gasteiger partial charge in [-0.2, -0.15) is 5.10 Å². The van der Waals surface area contributed by atoms with Crippen molar-refractivity contribution in [3.63, 3.8) is 0 Å². The number of aromatic nitrogens is 2. The molecule has 0 bridgehead atoms. The largest absolute Gasteiger partial charge is 0.393 e. The fourth-order valence-corrected chi connectivity index (χ4v) is 2.77. The minimum Gasteiger partial charge on any atom is -0.393 e. The number of hydrogen-bond donors (Lipinski definition) is 2. The highest BCUT2D eigenvalue weighted by Gasteiger charge is 2.18. The minimum atomic E-state index is -0.415. The number of rotatable bonds is 7. The van der Waals surface area contributed by atoms with Crippen molar-refractivity contribution in [1.29, 1.82) is 0 Å². The van der Waals surface area contributed by atoms with Gasteiger partial charge < -0.3 is 10.4 Å². The molecule has 5 nitrogen and oxygen atoms in total. The molecule has 1 aromatic carbocycles. The second-order valence-corrected chi connectivity index (χ2v) is 5.92. The van der Waals surface area contributed by atoms with Crippen LogP contribution in [0.15, 0.2) is 36.5 Å². The first kappa shape index (κ1) is 17.2. The van der Waals surface area contributed by atoms with Gasteiger partial charge in [-0.3, -0.25) is 9.48 Å². The number of carbonyl (C=O) groups excluding carboxylic acids is 1. The molecule has 2 N–H and O–H groups in total. The van der Waals surface area contributed by atoms with Crippen molar-refractivity contribution in [2.45, 2.75) is 38.7 Å². The zero-order valence-corrected chi connectivity index (χ0v) is 14.0. The fourth-order valence-electron chi connectivity index (χ4n) is 2.77. The average molecular weight is 315 g/mol. The average Bonchev–Trinajstić information content (AvgIpc) is 2.92.